The van der Waals surface area contributed by atoms with Crippen molar-refractivity contribution in [2.24, 2.45) is 0 Å². The van der Waals surface area contributed by atoms with Gasteiger partial charge in [-0.05, 0) is 20.8 Å². The minimum absolute atomic E-state index is 0.00486. The van der Waals surface area contributed by atoms with Crippen LogP contribution in [0.5, 0.6) is 0 Å². The first-order valence-electron chi connectivity index (χ1n) is 5.52. The summed E-state index contributed by atoms with van der Waals surface area (Å²) in [5.74, 6) is 0. The molecule has 0 unspecified atom stereocenters. The van der Waals surface area contributed by atoms with E-state index in [1.807, 2.05) is 0 Å². The summed E-state index contributed by atoms with van der Waals surface area (Å²) in [7, 11) is -3.66. The van der Waals surface area contributed by atoms with Crippen LogP contribution in [0.15, 0.2) is 0 Å². The Balaban J connectivity index is 2.61. The van der Waals surface area contributed by atoms with Crippen molar-refractivity contribution >= 4 is 16.2 Å². The number of amides is 1. The second kappa shape index (κ2) is 5.02. The Labute approximate surface area is 107 Å². The Bertz CT molecular complexity index is 413. The van der Waals surface area contributed by atoms with Crippen LogP contribution < -0.4 is 0 Å². The maximum absolute atomic E-state index is 11.7. The van der Waals surface area contributed by atoms with Crippen LogP contribution in [0, 0.1) is 0 Å². The topological polar surface area (TPSA) is 93.1 Å². The molecule has 0 aromatic rings. The lowest BCUT2D eigenvalue weighted by atomic mass is 10.2. The third kappa shape index (κ3) is 4.79. The molecule has 1 N–H and O–H groups in total. The minimum atomic E-state index is -3.66. The molecular weight excluding hydrogens is 262 g/mol. The molecule has 0 aromatic heterocycles. The third-order valence-corrected chi connectivity index (χ3v) is 2.78. The highest BCUT2D eigenvalue weighted by molar-refractivity contribution is 7.86. The number of carbonyl (C=O) groups is 1. The van der Waals surface area contributed by atoms with Crippen LogP contribution >= 0.6 is 0 Å². The Morgan fingerprint density at radius 1 is 1.33 bits per heavy atom. The molecule has 0 saturated carbocycles. The van der Waals surface area contributed by atoms with Crippen molar-refractivity contribution in [3.63, 3.8) is 0 Å². The van der Waals surface area contributed by atoms with Gasteiger partial charge >= 0.3 is 6.09 Å². The second-order valence-electron chi connectivity index (χ2n) is 5.29. The maximum Gasteiger partial charge on any atom is 0.410 e. The summed E-state index contributed by atoms with van der Waals surface area (Å²) >= 11 is 0. The molecule has 1 saturated heterocycles. The summed E-state index contributed by atoms with van der Waals surface area (Å²) < 4.78 is 31.8. The van der Waals surface area contributed by atoms with Gasteiger partial charge in [-0.3, -0.25) is 4.18 Å². The van der Waals surface area contributed by atoms with Gasteiger partial charge in [-0.2, -0.15) is 8.42 Å². The molecule has 7 nitrogen and oxygen atoms in total. The summed E-state index contributed by atoms with van der Waals surface area (Å²) in [5.41, 5.74) is -0.641. The number of nitrogens with zero attached hydrogens (tertiary/aromatic N) is 1. The number of aliphatic hydroxyl groups is 1. The number of carbonyl (C=O) groups excluding carboxylic acids is 1. The highest BCUT2D eigenvalue weighted by Gasteiger charge is 2.38. The van der Waals surface area contributed by atoms with E-state index in [1.54, 1.807) is 20.8 Å². The lowest BCUT2D eigenvalue weighted by Crippen LogP contribution is -2.36. The van der Waals surface area contributed by atoms with E-state index in [0.29, 0.717) is 0 Å². The summed E-state index contributed by atoms with van der Waals surface area (Å²) in [6, 6.07) is 0. The number of aliphatic hydroxyl groups excluding tert-OH is 1. The lowest BCUT2D eigenvalue weighted by molar-refractivity contribution is 0.0268. The molecule has 1 amide bonds. The van der Waals surface area contributed by atoms with Crippen molar-refractivity contribution in [2.45, 2.75) is 38.6 Å². The SMILES string of the molecule is CC(C)(C)OC(=O)N1C[C@@H](O)[C@H](OS(C)(=O)=O)C1. The zero-order chi connectivity index (χ0) is 14.1. The van der Waals surface area contributed by atoms with Gasteiger partial charge in [0.25, 0.3) is 10.1 Å². The fraction of sp³-hybridized carbons (Fsp3) is 0.900. The van der Waals surface area contributed by atoms with E-state index in [-0.39, 0.29) is 13.1 Å². The molecule has 1 aliphatic heterocycles. The smallest absolute Gasteiger partial charge is 0.410 e. The van der Waals surface area contributed by atoms with Crippen molar-refractivity contribution in [3.05, 3.63) is 0 Å². The van der Waals surface area contributed by atoms with Crippen LogP contribution in [-0.4, -0.2) is 61.7 Å². The number of rotatable bonds is 2. The summed E-state index contributed by atoms with van der Waals surface area (Å²) in [6.07, 6.45) is -1.67. The molecule has 1 fully saturated rings. The Morgan fingerprint density at radius 2 is 1.89 bits per heavy atom. The molecule has 0 radical (unpaired) electrons. The summed E-state index contributed by atoms with van der Waals surface area (Å²) in [6.45, 7) is 5.16. The fourth-order valence-electron chi connectivity index (χ4n) is 1.55. The normalized spacial score (nSPS) is 25.3. The zero-order valence-corrected chi connectivity index (χ0v) is 11.7. The highest BCUT2D eigenvalue weighted by Crippen LogP contribution is 2.18. The van der Waals surface area contributed by atoms with Crippen LogP contribution in [0.1, 0.15) is 20.8 Å². The van der Waals surface area contributed by atoms with Crippen molar-refractivity contribution in [2.75, 3.05) is 19.3 Å². The van der Waals surface area contributed by atoms with Crippen molar-refractivity contribution in [3.8, 4) is 0 Å². The van der Waals surface area contributed by atoms with Crippen molar-refractivity contribution in [1.29, 1.82) is 0 Å². The van der Waals surface area contributed by atoms with Gasteiger partial charge in [-0.25, -0.2) is 4.79 Å². The molecular formula is C10H19NO6S. The van der Waals surface area contributed by atoms with Gasteiger partial charge in [0, 0.05) is 0 Å². The van der Waals surface area contributed by atoms with Gasteiger partial charge in [0.15, 0.2) is 0 Å². The predicted octanol–water partition coefficient (Wildman–Crippen LogP) is -0.0572. The Hall–Kier alpha value is -0.860. The van der Waals surface area contributed by atoms with E-state index in [9.17, 15) is 18.3 Å². The third-order valence-electron chi connectivity index (χ3n) is 2.19. The number of ether oxygens (including phenoxy) is 1. The van der Waals surface area contributed by atoms with E-state index in [1.165, 1.54) is 4.90 Å². The molecule has 2 atom stereocenters. The summed E-state index contributed by atoms with van der Waals surface area (Å²) in [4.78, 5) is 12.9. The molecule has 1 heterocycles. The molecule has 8 heteroatoms. The van der Waals surface area contributed by atoms with Crippen molar-refractivity contribution < 1.29 is 27.2 Å². The number of β-amino-alcohol motifs (C(OH)–C–C–N with tert-alkyl or cyclic N) is 1. The van der Waals surface area contributed by atoms with E-state index in [4.69, 9.17) is 8.92 Å². The minimum Gasteiger partial charge on any atom is -0.444 e. The lowest BCUT2D eigenvalue weighted by Gasteiger charge is -2.24. The molecule has 0 aromatic carbocycles. The second-order valence-corrected chi connectivity index (χ2v) is 6.89. The molecule has 18 heavy (non-hydrogen) atoms. The molecule has 106 valence electrons. The first-order chi connectivity index (χ1) is 7.98. The summed E-state index contributed by atoms with van der Waals surface area (Å²) in [5, 5.41) is 9.63. The van der Waals surface area contributed by atoms with Gasteiger partial charge < -0.3 is 14.7 Å². The monoisotopic (exact) mass is 281 g/mol. The van der Waals surface area contributed by atoms with Gasteiger partial charge in [-0.15, -0.1) is 0 Å². The van der Waals surface area contributed by atoms with Crippen LogP contribution in [-0.2, 0) is 19.0 Å². The van der Waals surface area contributed by atoms with Gasteiger partial charge in [0.1, 0.15) is 17.8 Å². The van der Waals surface area contributed by atoms with Crippen LogP contribution in [0.2, 0.25) is 0 Å². The highest BCUT2D eigenvalue weighted by atomic mass is 32.2. The molecule has 1 rings (SSSR count). The Morgan fingerprint density at radius 3 is 2.33 bits per heavy atom. The van der Waals surface area contributed by atoms with E-state index >= 15 is 0 Å². The van der Waals surface area contributed by atoms with E-state index < -0.39 is 34.0 Å². The number of likely N-dealkylation sites (tertiary alicyclic amines) is 1. The van der Waals surface area contributed by atoms with E-state index in [2.05, 4.69) is 0 Å². The average molecular weight is 281 g/mol. The van der Waals surface area contributed by atoms with E-state index in [0.717, 1.165) is 6.26 Å². The van der Waals surface area contributed by atoms with Crippen LogP contribution in [0.25, 0.3) is 0 Å². The van der Waals surface area contributed by atoms with Crippen LogP contribution in [0.4, 0.5) is 4.79 Å². The number of hydrogen-bond acceptors (Lipinski definition) is 6. The first kappa shape index (κ1) is 15.2. The zero-order valence-electron chi connectivity index (χ0n) is 10.9. The predicted molar refractivity (Wildman–Crippen MR) is 63.5 cm³/mol. The standard InChI is InChI=1S/C10H19NO6S/c1-10(2,3)16-9(13)11-5-7(12)8(6-11)17-18(4,14)15/h7-8,12H,5-6H2,1-4H3/t7-,8-/m1/s1. The van der Waals surface area contributed by atoms with Gasteiger partial charge in [-0.1, -0.05) is 0 Å². The van der Waals surface area contributed by atoms with Crippen LogP contribution in [0.3, 0.4) is 0 Å². The van der Waals surface area contributed by atoms with Gasteiger partial charge in [0.05, 0.1) is 19.3 Å². The largest absolute Gasteiger partial charge is 0.444 e. The number of hydrogen-bond donors (Lipinski definition) is 1. The fourth-order valence-corrected chi connectivity index (χ4v) is 2.19. The molecule has 0 aliphatic carbocycles. The van der Waals surface area contributed by atoms with Crippen molar-refractivity contribution in [1.82, 2.24) is 4.90 Å². The first-order valence-corrected chi connectivity index (χ1v) is 7.34. The Kier molecular flexibility index (Phi) is 4.24. The molecule has 0 spiro atoms. The average Bonchev–Trinajstić information content (AvgIpc) is 2.42. The molecule has 0 bridgehead atoms. The maximum atomic E-state index is 11.7. The quantitative estimate of drug-likeness (QED) is 0.713. The molecule has 1 aliphatic rings. The van der Waals surface area contributed by atoms with Gasteiger partial charge in [0.2, 0.25) is 0 Å².